The second kappa shape index (κ2) is 6.29. The van der Waals surface area contributed by atoms with Crippen LogP contribution < -0.4 is 5.32 Å². The third-order valence-electron chi connectivity index (χ3n) is 3.23. The summed E-state index contributed by atoms with van der Waals surface area (Å²) < 4.78 is 27.5. The molecule has 1 aliphatic heterocycles. The standard InChI is InChI=1S/C15H10ClF2N3O2/c16-14-10(5-2-6-19-14)20-15(22)12-7-11(21-23-12)13-8(17)3-1-4-9(13)18/h1-6,12H,7H2,(H,20,22)/t12-/m0/s1. The molecule has 0 radical (unpaired) electrons. The lowest BCUT2D eigenvalue weighted by atomic mass is 10.0. The lowest BCUT2D eigenvalue weighted by Gasteiger charge is -2.10. The number of aromatic nitrogens is 1. The molecule has 1 aliphatic rings. The van der Waals surface area contributed by atoms with Crippen molar-refractivity contribution >= 4 is 28.9 Å². The molecule has 8 heteroatoms. The Balaban J connectivity index is 1.72. The maximum atomic E-state index is 13.7. The number of amides is 1. The first kappa shape index (κ1) is 15.4. The molecule has 0 bridgehead atoms. The molecule has 3 rings (SSSR count). The number of hydrogen-bond donors (Lipinski definition) is 1. The largest absolute Gasteiger partial charge is 0.382 e. The smallest absolute Gasteiger partial charge is 0.268 e. The fraction of sp³-hybridized carbons (Fsp3) is 0.133. The third-order valence-corrected chi connectivity index (χ3v) is 3.53. The number of nitrogens with zero attached hydrogens (tertiary/aromatic N) is 2. The van der Waals surface area contributed by atoms with Gasteiger partial charge in [0.05, 0.1) is 17.0 Å². The van der Waals surface area contributed by atoms with E-state index in [1.807, 2.05) is 0 Å². The zero-order valence-electron chi connectivity index (χ0n) is 11.6. The number of nitrogens with one attached hydrogen (secondary N) is 1. The molecule has 0 spiro atoms. The van der Waals surface area contributed by atoms with Crippen LogP contribution in [0.5, 0.6) is 0 Å². The quantitative estimate of drug-likeness (QED) is 0.875. The van der Waals surface area contributed by atoms with Crippen LogP contribution in [0.25, 0.3) is 0 Å². The fourth-order valence-electron chi connectivity index (χ4n) is 2.13. The van der Waals surface area contributed by atoms with Crippen LogP contribution in [0, 0.1) is 11.6 Å². The summed E-state index contributed by atoms with van der Waals surface area (Å²) in [7, 11) is 0. The van der Waals surface area contributed by atoms with E-state index in [1.54, 1.807) is 12.1 Å². The predicted molar refractivity (Wildman–Crippen MR) is 80.3 cm³/mol. The highest BCUT2D eigenvalue weighted by Gasteiger charge is 2.31. The van der Waals surface area contributed by atoms with E-state index in [4.69, 9.17) is 16.4 Å². The van der Waals surface area contributed by atoms with E-state index < -0.39 is 23.6 Å². The van der Waals surface area contributed by atoms with Crippen molar-refractivity contribution < 1.29 is 18.4 Å². The molecular formula is C15H10ClF2N3O2. The summed E-state index contributed by atoms with van der Waals surface area (Å²) in [5.41, 5.74) is 0.0635. The average Bonchev–Trinajstić information content (AvgIpc) is 2.99. The highest BCUT2D eigenvalue weighted by atomic mass is 35.5. The third kappa shape index (κ3) is 3.14. The van der Waals surface area contributed by atoms with Gasteiger partial charge in [0, 0.05) is 12.6 Å². The Bertz CT molecular complexity index is 778. The van der Waals surface area contributed by atoms with Gasteiger partial charge in [-0.25, -0.2) is 13.8 Å². The summed E-state index contributed by atoms with van der Waals surface area (Å²) in [6, 6.07) is 6.65. The van der Waals surface area contributed by atoms with Gasteiger partial charge in [-0.15, -0.1) is 0 Å². The van der Waals surface area contributed by atoms with Gasteiger partial charge in [-0.3, -0.25) is 4.79 Å². The SMILES string of the molecule is O=C(Nc1cccnc1Cl)[C@@H]1CC(c2c(F)cccc2F)=NO1. The van der Waals surface area contributed by atoms with Crippen LogP contribution >= 0.6 is 11.6 Å². The molecule has 1 N–H and O–H groups in total. The van der Waals surface area contributed by atoms with Gasteiger partial charge >= 0.3 is 0 Å². The Labute approximate surface area is 134 Å². The van der Waals surface area contributed by atoms with E-state index >= 15 is 0 Å². The number of benzene rings is 1. The molecule has 1 atom stereocenters. The Morgan fingerprint density at radius 2 is 2.00 bits per heavy atom. The zero-order chi connectivity index (χ0) is 16.4. The van der Waals surface area contributed by atoms with Gasteiger partial charge < -0.3 is 10.2 Å². The molecule has 0 fully saturated rings. The van der Waals surface area contributed by atoms with Crippen molar-refractivity contribution in [1.29, 1.82) is 0 Å². The van der Waals surface area contributed by atoms with E-state index in [0.717, 1.165) is 12.1 Å². The molecule has 0 saturated heterocycles. The van der Waals surface area contributed by atoms with E-state index in [0.29, 0.717) is 5.69 Å². The summed E-state index contributed by atoms with van der Waals surface area (Å²) >= 11 is 5.85. The van der Waals surface area contributed by atoms with Crippen LogP contribution in [0.4, 0.5) is 14.5 Å². The van der Waals surface area contributed by atoms with Crippen LogP contribution in [0.2, 0.25) is 5.15 Å². The molecule has 1 aromatic carbocycles. The summed E-state index contributed by atoms with van der Waals surface area (Å²) in [5, 5.41) is 6.28. The lowest BCUT2D eigenvalue weighted by molar-refractivity contribution is -0.125. The van der Waals surface area contributed by atoms with Crippen LogP contribution in [-0.2, 0) is 9.63 Å². The highest BCUT2D eigenvalue weighted by molar-refractivity contribution is 6.32. The second-order valence-electron chi connectivity index (χ2n) is 4.76. The van der Waals surface area contributed by atoms with Gasteiger partial charge in [-0.1, -0.05) is 22.8 Å². The van der Waals surface area contributed by atoms with Crippen LogP contribution in [0.1, 0.15) is 12.0 Å². The van der Waals surface area contributed by atoms with Gasteiger partial charge in [-0.2, -0.15) is 0 Å². The van der Waals surface area contributed by atoms with E-state index in [2.05, 4.69) is 15.5 Å². The number of halogens is 3. The van der Waals surface area contributed by atoms with Crippen molar-refractivity contribution in [3.8, 4) is 0 Å². The number of pyridine rings is 1. The number of carbonyl (C=O) groups is 1. The minimum absolute atomic E-state index is 0.0398. The average molecular weight is 338 g/mol. The molecule has 0 saturated carbocycles. The monoisotopic (exact) mass is 337 g/mol. The van der Waals surface area contributed by atoms with Crippen LogP contribution in [0.3, 0.4) is 0 Å². The van der Waals surface area contributed by atoms with Gasteiger partial charge in [0.25, 0.3) is 5.91 Å². The Morgan fingerprint density at radius 3 is 2.70 bits per heavy atom. The Morgan fingerprint density at radius 1 is 1.26 bits per heavy atom. The van der Waals surface area contributed by atoms with Crippen molar-refractivity contribution in [2.75, 3.05) is 5.32 Å². The molecule has 23 heavy (non-hydrogen) atoms. The molecule has 1 amide bonds. The summed E-state index contributed by atoms with van der Waals surface area (Å²) in [4.78, 5) is 20.9. The number of anilines is 1. The molecule has 0 unspecified atom stereocenters. The highest BCUT2D eigenvalue weighted by Crippen LogP contribution is 2.23. The zero-order valence-corrected chi connectivity index (χ0v) is 12.3. The van der Waals surface area contributed by atoms with Gasteiger partial charge in [0.1, 0.15) is 11.6 Å². The summed E-state index contributed by atoms with van der Waals surface area (Å²) in [6.07, 6.45) is 0.425. The maximum Gasteiger partial charge on any atom is 0.268 e. The Kier molecular flexibility index (Phi) is 4.20. The normalized spacial score (nSPS) is 16.7. The first-order valence-corrected chi connectivity index (χ1v) is 7.02. The first-order chi connectivity index (χ1) is 11.1. The number of oxime groups is 1. The number of rotatable bonds is 3. The predicted octanol–water partition coefficient (Wildman–Crippen LogP) is 3.14. The van der Waals surface area contributed by atoms with E-state index in [-0.39, 0.29) is 22.8 Å². The topological polar surface area (TPSA) is 63.6 Å². The summed E-state index contributed by atoms with van der Waals surface area (Å²) in [5.74, 6) is -2.05. The number of hydrogen-bond acceptors (Lipinski definition) is 4. The minimum Gasteiger partial charge on any atom is -0.382 e. The van der Waals surface area contributed by atoms with E-state index in [1.165, 1.54) is 12.3 Å². The molecule has 5 nitrogen and oxygen atoms in total. The second-order valence-corrected chi connectivity index (χ2v) is 5.12. The molecule has 118 valence electrons. The summed E-state index contributed by atoms with van der Waals surface area (Å²) in [6.45, 7) is 0. The van der Waals surface area contributed by atoms with Gasteiger partial charge in [0.2, 0.25) is 6.10 Å². The molecular weight excluding hydrogens is 328 g/mol. The molecule has 0 aliphatic carbocycles. The molecule has 2 aromatic rings. The minimum atomic E-state index is -1.000. The van der Waals surface area contributed by atoms with Gasteiger partial charge in [-0.05, 0) is 24.3 Å². The fourth-order valence-corrected chi connectivity index (χ4v) is 2.30. The Hall–Kier alpha value is -2.54. The first-order valence-electron chi connectivity index (χ1n) is 6.64. The van der Waals surface area contributed by atoms with Crippen LogP contribution in [-0.4, -0.2) is 22.7 Å². The lowest BCUT2D eigenvalue weighted by Crippen LogP contribution is -2.28. The van der Waals surface area contributed by atoms with Crippen molar-refractivity contribution in [3.63, 3.8) is 0 Å². The maximum absolute atomic E-state index is 13.7. The van der Waals surface area contributed by atoms with E-state index in [9.17, 15) is 13.6 Å². The van der Waals surface area contributed by atoms with Gasteiger partial charge in [0.15, 0.2) is 5.15 Å². The van der Waals surface area contributed by atoms with Crippen LogP contribution in [0.15, 0.2) is 41.7 Å². The number of carbonyl (C=O) groups excluding carboxylic acids is 1. The molecule has 2 heterocycles. The van der Waals surface area contributed by atoms with Crippen molar-refractivity contribution in [2.45, 2.75) is 12.5 Å². The van der Waals surface area contributed by atoms with Crippen molar-refractivity contribution in [3.05, 3.63) is 58.9 Å². The molecule has 1 aromatic heterocycles. The van der Waals surface area contributed by atoms with Crippen molar-refractivity contribution in [2.24, 2.45) is 5.16 Å². The van der Waals surface area contributed by atoms with Crippen molar-refractivity contribution in [1.82, 2.24) is 4.98 Å².